The van der Waals surface area contributed by atoms with Gasteiger partial charge in [-0.1, -0.05) is 0 Å². The minimum absolute atomic E-state index is 0.992. The van der Waals surface area contributed by atoms with Gasteiger partial charge in [0.2, 0.25) is 0 Å². The summed E-state index contributed by atoms with van der Waals surface area (Å²) in [6.45, 7) is 4.29. The molecule has 28 heavy (non-hydrogen) atoms. The summed E-state index contributed by atoms with van der Waals surface area (Å²) in [5, 5.41) is 0. The van der Waals surface area contributed by atoms with E-state index in [0.717, 1.165) is 0 Å². The third kappa shape index (κ3) is 7.64. The van der Waals surface area contributed by atoms with Gasteiger partial charge in [-0.25, -0.2) is 0 Å². The summed E-state index contributed by atoms with van der Waals surface area (Å²) in [6, 6.07) is 39.9. The van der Waals surface area contributed by atoms with Gasteiger partial charge in [0.25, 0.3) is 0 Å². The van der Waals surface area contributed by atoms with Crippen LogP contribution in [0, 0.1) is 13.8 Å². The first-order valence-electron chi connectivity index (χ1n) is 9.88. The Kier molecular flexibility index (Phi) is 8.95. The van der Waals surface area contributed by atoms with Crippen LogP contribution in [0.15, 0.2) is 109 Å². The maximum atomic E-state index is 2.30. The Morgan fingerprint density at radius 3 is 0.964 bits per heavy atom. The van der Waals surface area contributed by atoms with E-state index in [0.29, 0.717) is 0 Å². The molecule has 0 aliphatic carbocycles. The molecule has 4 rings (SSSR count). The summed E-state index contributed by atoms with van der Waals surface area (Å²) in [4.78, 5) is 0. The second-order valence-corrected chi connectivity index (χ2v) is 22.7. The molecule has 0 aromatic heterocycles. The van der Waals surface area contributed by atoms with E-state index in [1.807, 2.05) is 0 Å². The molecule has 4 aromatic carbocycles. The van der Waals surface area contributed by atoms with E-state index in [2.05, 4.69) is 123 Å². The van der Waals surface area contributed by atoms with Crippen LogP contribution in [-0.2, 0) is 49.1 Å². The Balaban J connectivity index is 0.000000162. The molecule has 0 amide bonds. The fraction of sp³-hybridized carbons (Fsp3) is 0.0769. The van der Waals surface area contributed by atoms with E-state index in [9.17, 15) is 0 Å². The molecule has 4 aromatic rings. The van der Waals surface area contributed by atoms with Crippen LogP contribution in [0.3, 0.4) is 0 Å². The van der Waals surface area contributed by atoms with Crippen LogP contribution < -0.4 is 12.3 Å². The summed E-state index contributed by atoms with van der Waals surface area (Å²) in [5.74, 6) is 0. The zero-order valence-electron chi connectivity index (χ0n) is 16.8. The minimum atomic E-state index is -1.04. The molecule has 0 N–H and O–H groups in total. The summed E-state index contributed by atoms with van der Waals surface area (Å²) >= 11 is -2.04. The van der Waals surface area contributed by atoms with Crippen molar-refractivity contribution in [1.82, 2.24) is 0 Å². The van der Waals surface area contributed by atoms with Gasteiger partial charge in [-0.2, -0.15) is 0 Å². The Hall–Kier alpha value is -1.25. The van der Waals surface area contributed by atoms with Crippen molar-refractivity contribution in [1.29, 1.82) is 0 Å². The van der Waals surface area contributed by atoms with Crippen molar-refractivity contribution in [2.75, 3.05) is 0 Å². The predicted molar refractivity (Wildman–Crippen MR) is 114 cm³/mol. The molecule has 0 atom stereocenters. The van der Waals surface area contributed by atoms with Crippen LogP contribution in [0.4, 0.5) is 0 Å². The molecule has 0 bridgehead atoms. The first-order chi connectivity index (χ1) is 13.7. The molecule has 2 heteroatoms. The molecule has 0 spiro atoms. The van der Waals surface area contributed by atoms with Crippen molar-refractivity contribution in [3.8, 4) is 0 Å². The third-order valence-corrected chi connectivity index (χ3v) is 18.4. The molecule has 0 radical (unpaired) electrons. The van der Waals surface area contributed by atoms with Crippen LogP contribution >= 0.6 is 0 Å². The van der Waals surface area contributed by atoms with E-state index >= 15 is 0 Å². The summed E-state index contributed by atoms with van der Waals surface area (Å²) in [5.41, 5.74) is 2.71. The zero-order chi connectivity index (χ0) is 19.6. The van der Waals surface area contributed by atoms with Crippen molar-refractivity contribution in [2.24, 2.45) is 0 Å². The number of hydrogen-bond donors (Lipinski definition) is 0. The van der Waals surface area contributed by atoms with Gasteiger partial charge in [-0.15, -0.1) is 0 Å². The Morgan fingerprint density at radius 1 is 0.357 bits per heavy atom. The average molecular weight is 738 g/mol. The van der Waals surface area contributed by atoms with Gasteiger partial charge in [0.15, 0.2) is 0 Å². The standard InChI is InChI=1S/2C7H7.2C6H5.2Hg/c2*1-7-5-3-2-4-6-7;2*1-2-4-6-5-3-1;;/h2*3-6H,1H3;2*1-5H;;. The SMILES string of the molecule is Cc1cc[c]([Hg][c]2ccc(C)cc2)cc1.c1cc[c]([Hg][c]2ccccc2)cc1. The average Bonchev–Trinajstić information content (AvgIpc) is 2.73. The molecular weight excluding hydrogens is 713 g/mol. The Bertz CT molecular complexity index is 864. The zero-order valence-corrected chi connectivity index (χ0v) is 27.8. The maximum absolute atomic E-state index is 2.30. The molecule has 132 valence electrons. The molecule has 0 aliphatic heterocycles. The Labute approximate surface area is 193 Å². The fourth-order valence-electron chi connectivity index (χ4n) is 3.07. The normalized spacial score (nSPS) is 9.50. The predicted octanol–water partition coefficient (Wildman–Crippen LogP) is 4.06. The molecule has 0 unspecified atom stereocenters. The van der Waals surface area contributed by atoms with Gasteiger partial charge in [-0.3, -0.25) is 0 Å². The number of hydrogen-bond acceptors (Lipinski definition) is 0. The third-order valence-electron chi connectivity index (χ3n) is 4.74. The van der Waals surface area contributed by atoms with Gasteiger partial charge < -0.3 is 0 Å². The Morgan fingerprint density at radius 2 is 0.643 bits per heavy atom. The molecular formula is C26H24Hg2. The van der Waals surface area contributed by atoms with Gasteiger partial charge in [0.1, 0.15) is 0 Å². The number of aryl methyl sites for hydroxylation is 2. The van der Waals surface area contributed by atoms with Gasteiger partial charge in [0, 0.05) is 0 Å². The fourth-order valence-corrected chi connectivity index (χ4v) is 14.4. The summed E-state index contributed by atoms with van der Waals surface area (Å²) in [6.07, 6.45) is 0. The number of benzene rings is 4. The van der Waals surface area contributed by atoms with E-state index < -0.39 is 49.1 Å². The number of rotatable bonds is 4. The van der Waals surface area contributed by atoms with Gasteiger partial charge >= 0.3 is 196 Å². The second-order valence-electron chi connectivity index (χ2n) is 7.30. The first-order valence-corrected chi connectivity index (χ1v) is 20.9. The molecule has 0 saturated heterocycles. The van der Waals surface area contributed by atoms with E-state index in [-0.39, 0.29) is 0 Å². The van der Waals surface area contributed by atoms with Crippen molar-refractivity contribution < 1.29 is 49.1 Å². The topological polar surface area (TPSA) is 0 Å². The quantitative estimate of drug-likeness (QED) is 0.278. The molecule has 0 aliphatic rings. The molecule has 0 fully saturated rings. The van der Waals surface area contributed by atoms with Crippen molar-refractivity contribution in [2.45, 2.75) is 13.8 Å². The van der Waals surface area contributed by atoms with Crippen molar-refractivity contribution >= 4 is 12.3 Å². The van der Waals surface area contributed by atoms with Gasteiger partial charge in [0.05, 0.1) is 0 Å². The van der Waals surface area contributed by atoms with Crippen molar-refractivity contribution in [3.63, 3.8) is 0 Å². The van der Waals surface area contributed by atoms with Crippen molar-refractivity contribution in [3.05, 3.63) is 120 Å². The molecule has 0 heterocycles. The van der Waals surface area contributed by atoms with Crippen LogP contribution in [0.25, 0.3) is 0 Å². The van der Waals surface area contributed by atoms with E-state index in [4.69, 9.17) is 0 Å². The van der Waals surface area contributed by atoms with E-state index in [1.165, 1.54) is 11.1 Å². The first kappa shape index (κ1) is 21.5. The van der Waals surface area contributed by atoms with E-state index in [1.54, 1.807) is 12.3 Å². The second kappa shape index (κ2) is 11.7. The van der Waals surface area contributed by atoms with Crippen LogP contribution in [-0.4, -0.2) is 0 Å². The van der Waals surface area contributed by atoms with Gasteiger partial charge in [-0.05, 0) is 0 Å². The monoisotopic (exact) mass is 740 g/mol. The van der Waals surface area contributed by atoms with Crippen LogP contribution in [0.2, 0.25) is 0 Å². The molecule has 0 saturated carbocycles. The molecule has 0 nitrogen and oxygen atoms in total. The summed E-state index contributed by atoms with van der Waals surface area (Å²) < 4.78 is 6.39. The van der Waals surface area contributed by atoms with Crippen LogP contribution in [0.1, 0.15) is 11.1 Å². The van der Waals surface area contributed by atoms with Crippen LogP contribution in [0.5, 0.6) is 0 Å². The summed E-state index contributed by atoms with van der Waals surface area (Å²) in [7, 11) is 0.